The van der Waals surface area contributed by atoms with Crippen LogP contribution in [-0.4, -0.2) is 20.7 Å². The Morgan fingerprint density at radius 2 is 1.73 bits per heavy atom. The van der Waals surface area contributed by atoms with Crippen LogP contribution in [0.25, 0.3) is 22.6 Å². The predicted octanol–water partition coefficient (Wildman–Crippen LogP) is 2.79. The van der Waals surface area contributed by atoms with Crippen molar-refractivity contribution >= 4 is 11.6 Å². The highest BCUT2D eigenvalue weighted by Gasteiger charge is 2.49. The second-order valence-corrected chi connectivity index (χ2v) is 6.83. The molecule has 26 heavy (non-hydrogen) atoms. The second-order valence-electron chi connectivity index (χ2n) is 6.83. The molecule has 3 aromatic rings. The van der Waals surface area contributed by atoms with Gasteiger partial charge in [0.05, 0.1) is 5.69 Å². The molecule has 5 rings (SSSR count). The maximum absolute atomic E-state index is 12.7. The summed E-state index contributed by atoms with van der Waals surface area (Å²) in [5.41, 5.74) is 1.54. The molecule has 128 valence electrons. The van der Waals surface area contributed by atoms with Crippen molar-refractivity contribution in [3.63, 3.8) is 0 Å². The first kappa shape index (κ1) is 15.0. The summed E-state index contributed by atoms with van der Waals surface area (Å²) in [5.74, 6) is 0.575. The third-order valence-electron chi connectivity index (χ3n) is 5.24. The van der Waals surface area contributed by atoms with E-state index in [1.807, 2.05) is 61.5 Å². The van der Waals surface area contributed by atoms with Gasteiger partial charge >= 0.3 is 0 Å². The van der Waals surface area contributed by atoms with Gasteiger partial charge in [0.25, 0.3) is 5.56 Å². The Hall–Kier alpha value is -3.28. The van der Waals surface area contributed by atoms with E-state index in [-0.39, 0.29) is 11.5 Å². The fourth-order valence-corrected chi connectivity index (χ4v) is 3.96. The van der Waals surface area contributed by atoms with Gasteiger partial charge in [0.1, 0.15) is 5.66 Å². The molecule has 2 aliphatic heterocycles. The first-order valence-electron chi connectivity index (χ1n) is 8.59. The lowest BCUT2D eigenvalue weighted by atomic mass is 10.0. The summed E-state index contributed by atoms with van der Waals surface area (Å²) in [5, 5.41) is 4.68. The van der Waals surface area contributed by atoms with Crippen molar-refractivity contribution in [2.75, 3.05) is 4.90 Å². The number of anilines is 1. The lowest BCUT2D eigenvalue weighted by Crippen LogP contribution is -2.51. The molecular formula is C20H16N4O2. The highest BCUT2D eigenvalue weighted by molar-refractivity contribution is 6.01. The Balaban J connectivity index is 1.85. The van der Waals surface area contributed by atoms with Crippen molar-refractivity contribution in [3.8, 4) is 22.6 Å². The van der Waals surface area contributed by atoms with Gasteiger partial charge in [-0.3, -0.25) is 14.5 Å². The molecule has 6 nitrogen and oxygen atoms in total. The first-order valence-corrected chi connectivity index (χ1v) is 8.59. The summed E-state index contributed by atoms with van der Waals surface area (Å²) < 4.78 is 1.75. The number of hydrogen-bond acceptors (Lipinski definition) is 4. The molecule has 1 saturated heterocycles. The van der Waals surface area contributed by atoms with Crippen LogP contribution in [0.4, 0.5) is 5.69 Å². The zero-order valence-corrected chi connectivity index (χ0v) is 14.2. The largest absolute Gasteiger partial charge is 0.300 e. The van der Waals surface area contributed by atoms with E-state index in [1.54, 1.807) is 9.58 Å². The average molecular weight is 344 g/mol. The third-order valence-corrected chi connectivity index (χ3v) is 5.24. The van der Waals surface area contributed by atoms with Crippen LogP contribution in [0.2, 0.25) is 0 Å². The van der Waals surface area contributed by atoms with Crippen LogP contribution in [0.5, 0.6) is 0 Å². The molecule has 0 radical (unpaired) electrons. The SMILES string of the molecule is C[C@@]12CCC(=O)N1c1ccccc1-c1nc(=O)c(-c3ccccc3)nn12. The lowest BCUT2D eigenvalue weighted by molar-refractivity contribution is -0.117. The van der Waals surface area contributed by atoms with E-state index in [4.69, 9.17) is 0 Å². The molecule has 0 bridgehead atoms. The standard InChI is InChI=1S/C20H16N4O2/c1-20-12-11-16(25)23(20)15-10-6-5-9-14(15)18-21-19(26)17(22-24(18)20)13-7-3-2-4-8-13/h2-10H,11-12H2,1H3/t20-/m1/s1. The average Bonchev–Trinajstić information content (AvgIpc) is 2.98. The number of rotatable bonds is 1. The Morgan fingerprint density at radius 3 is 2.54 bits per heavy atom. The molecule has 0 spiro atoms. The minimum absolute atomic E-state index is 0.0624. The molecule has 3 heterocycles. The van der Waals surface area contributed by atoms with Gasteiger partial charge in [-0.1, -0.05) is 42.5 Å². The van der Waals surface area contributed by atoms with E-state index in [9.17, 15) is 9.59 Å². The van der Waals surface area contributed by atoms with E-state index in [2.05, 4.69) is 10.1 Å². The summed E-state index contributed by atoms with van der Waals surface area (Å²) in [7, 11) is 0. The van der Waals surface area contributed by atoms with Crippen LogP contribution < -0.4 is 10.5 Å². The molecule has 1 aromatic heterocycles. The maximum atomic E-state index is 12.7. The smallest absolute Gasteiger partial charge is 0.286 e. The predicted molar refractivity (Wildman–Crippen MR) is 97.5 cm³/mol. The number of hydrogen-bond donors (Lipinski definition) is 0. The number of nitrogens with zero attached hydrogens (tertiary/aromatic N) is 4. The zero-order chi connectivity index (χ0) is 17.9. The molecular weight excluding hydrogens is 328 g/mol. The van der Waals surface area contributed by atoms with E-state index in [0.717, 1.165) is 16.8 Å². The van der Waals surface area contributed by atoms with Crippen LogP contribution >= 0.6 is 0 Å². The minimum atomic E-state index is -0.662. The molecule has 0 aliphatic carbocycles. The normalized spacial score (nSPS) is 20.5. The number of carbonyl (C=O) groups is 1. The number of para-hydroxylation sites is 1. The summed E-state index contributed by atoms with van der Waals surface area (Å²) in [6, 6.07) is 16.9. The third kappa shape index (κ3) is 1.87. The molecule has 0 unspecified atom stereocenters. The van der Waals surface area contributed by atoms with E-state index in [1.165, 1.54) is 0 Å². The summed E-state index contributed by atoms with van der Waals surface area (Å²) in [6.45, 7) is 1.98. The number of benzene rings is 2. The summed E-state index contributed by atoms with van der Waals surface area (Å²) in [4.78, 5) is 31.5. The van der Waals surface area contributed by atoms with Gasteiger partial charge in [-0.25, -0.2) is 4.68 Å². The number of aromatic nitrogens is 3. The molecule has 0 N–H and O–H groups in total. The van der Waals surface area contributed by atoms with Crippen LogP contribution in [0.15, 0.2) is 59.4 Å². The maximum Gasteiger partial charge on any atom is 0.300 e. The van der Waals surface area contributed by atoms with Gasteiger partial charge in [-0.15, -0.1) is 0 Å². The topological polar surface area (TPSA) is 68.1 Å². The van der Waals surface area contributed by atoms with Gasteiger partial charge in [0.2, 0.25) is 5.91 Å². The summed E-state index contributed by atoms with van der Waals surface area (Å²) in [6.07, 6.45) is 1.07. The van der Waals surface area contributed by atoms with Crippen molar-refractivity contribution in [1.82, 2.24) is 14.8 Å². The van der Waals surface area contributed by atoms with Crippen molar-refractivity contribution in [3.05, 3.63) is 65.0 Å². The number of amides is 1. The Kier molecular flexibility index (Phi) is 2.95. The van der Waals surface area contributed by atoms with Gasteiger partial charge in [-0.2, -0.15) is 10.1 Å². The van der Waals surface area contributed by atoms with E-state index in [0.29, 0.717) is 24.4 Å². The van der Waals surface area contributed by atoms with Gasteiger partial charge in [-0.05, 0) is 19.1 Å². The van der Waals surface area contributed by atoms with Crippen molar-refractivity contribution < 1.29 is 4.79 Å². The van der Waals surface area contributed by atoms with Crippen LogP contribution in [0.3, 0.4) is 0 Å². The molecule has 2 aliphatic rings. The van der Waals surface area contributed by atoms with Crippen molar-refractivity contribution in [2.45, 2.75) is 25.4 Å². The Morgan fingerprint density at radius 1 is 1.00 bits per heavy atom. The molecule has 2 aromatic carbocycles. The van der Waals surface area contributed by atoms with Crippen LogP contribution in [-0.2, 0) is 10.5 Å². The van der Waals surface area contributed by atoms with Gasteiger partial charge in [0.15, 0.2) is 11.5 Å². The van der Waals surface area contributed by atoms with Crippen molar-refractivity contribution in [2.24, 2.45) is 0 Å². The monoisotopic (exact) mass is 344 g/mol. The molecule has 1 fully saturated rings. The van der Waals surface area contributed by atoms with E-state index >= 15 is 0 Å². The quantitative estimate of drug-likeness (QED) is 0.681. The highest BCUT2D eigenvalue weighted by atomic mass is 16.2. The van der Waals surface area contributed by atoms with E-state index < -0.39 is 5.66 Å². The highest BCUT2D eigenvalue weighted by Crippen LogP contribution is 2.47. The van der Waals surface area contributed by atoms with Gasteiger partial charge in [0, 0.05) is 24.0 Å². The lowest BCUT2D eigenvalue weighted by Gasteiger charge is -2.42. The number of fused-ring (bicyclic) bond motifs is 6. The Labute approximate surface area is 149 Å². The fraction of sp³-hybridized carbons (Fsp3) is 0.200. The van der Waals surface area contributed by atoms with Crippen LogP contribution in [0.1, 0.15) is 19.8 Å². The molecule has 0 saturated carbocycles. The van der Waals surface area contributed by atoms with Gasteiger partial charge < -0.3 is 0 Å². The number of carbonyl (C=O) groups excluding carboxylic acids is 1. The zero-order valence-electron chi connectivity index (χ0n) is 14.2. The summed E-state index contributed by atoms with van der Waals surface area (Å²) >= 11 is 0. The first-order chi connectivity index (χ1) is 12.6. The van der Waals surface area contributed by atoms with Crippen LogP contribution in [0, 0.1) is 0 Å². The van der Waals surface area contributed by atoms with Crippen molar-refractivity contribution in [1.29, 1.82) is 0 Å². The Bertz CT molecular complexity index is 1110. The fourth-order valence-electron chi connectivity index (χ4n) is 3.96. The minimum Gasteiger partial charge on any atom is -0.286 e. The molecule has 1 atom stereocenters. The molecule has 1 amide bonds. The molecule has 6 heteroatoms. The second kappa shape index (κ2) is 5.11.